The first-order chi connectivity index (χ1) is 16.5. The van der Waals surface area contributed by atoms with Crippen molar-refractivity contribution >= 4 is 30.4 Å². The Labute approximate surface area is 219 Å². The Kier molecular flexibility index (Phi) is 8.79. The van der Waals surface area contributed by atoms with Crippen molar-refractivity contribution < 1.29 is 0 Å². The first-order valence-electron chi connectivity index (χ1n) is 12.4. The van der Waals surface area contributed by atoms with Crippen molar-refractivity contribution in [2.24, 2.45) is 0 Å². The summed E-state index contributed by atoms with van der Waals surface area (Å²) in [6.07, 6.45) is 2.48. The molecule has 0 aromatic heterocycles. The fourth-order valence-electron chi connectivity index (χ4n) is 5.09. The normalized spacial score (nSPS) is 12.1. The van der Waals surface area contributed by atoms with Crippen molar-refractivity contribution in [1.29, 1.82) is 0 Å². The van der Waals surface area contributed by atoms with Gasteiger partial charge in [-0.15, -0.1) is 0 Å². The standard InChI is InChI=1S/C25H19Si.2C4H9.Ga/c1-26(20-17-23-11-5-2-6-12-23,21-18-24-13-7-3-8-14-24)22-19-25-15-9-4-10-16-25;2*1-4(2)3;/h2-17H,1H3;2*1-3H3;. The van der Waals surface area contributed by atoms with E-state index < -0.39 is 24.3 Å². The molecule has 0 radical (unpaired) electrons. The van der Waals surface area contributed by atoms with E-state index in [9.17, 15) is 0 Å². The number of hydrogen-bond donors (Lipinski definition) is 0. The molecule has 0 fully saturated rings. The molecule has 0 heterocycles. The summed E-state index contributed by atoms with van der Waals surface area (Å²) in [6.45, 7) is 17.0. The van der Waals surface area contributed by atoms with E-state index in [0.717, 1.165) is 11.1 Å². The van der Waals surface area contributed by atoms with Gasteiger partial charge in [0.15, 0.2) is 0 Å². The Morgan fingerprint density at radius 2 is 1.00 bits per heavy atom. The van der Waals surface area contributed by atoms with Crippen LogP contribution in [0.1, 0.15) is 58.2 Å². The summed E-state index contributed by atoms with van der Waals surface area (Å²) in [6, 6.07) is 31.5. The topological polar surface area (TPSA) is 0 Å². The zero-order chi connectivity index (χ0) is 25.5. The maximum atomic E-state index is 3.82. The van der Waals surface area contributed by atoms with Crippen LogP contribution in [0.5, 0.6) is 0 Å². The van der Waals surface area contributed by atoms with Crippen LogP contribution in [-0.2, 0) is 0 Å². The third-order valence-electron chi connectivity index (χ3n) is 6.20. The van der Waals surface area contributed by atoms with Crippen molar-refractivity contribution in [3.05, 3.63) is 111 Å². The zero-order valence-corrected chi connectivity index (χ0v) is 25.7. The Hall–Kier alpha value is -2.63. The van der Waals surface area contributed by atoms with Crippen molar-refractivity contribution in [3.63, 3.8) is 0 Å². The average Bonchev–Trinajstić information content (AvgIpc) is 2.81. The van der Waals surface area contributed by atoms with E-state index in [-0.39, 0.29) is 7.94 Å². The molecule has 3 aromatic carbocycles. The first kappa shape index (κ1) is 27.0. The summed E-state index contributed by atoms with van der Waals surface area (Å²) in [4.78, 5) is 0. The molecule has 0 aliphatic rings. The summed E-state index contributed by atoms with van der Waals surface area (Å²) in [5.41, 5.74) is 11.0. The minimum atomic E-state index is -2.49. The van der Waals surface area contributed by atoms with Crippen molar-refractivity contribution in [3.8, 4) is 22.9 Å². The number of rotatable bonds is 3. The van der Waals surface area contributed by atoms with Crippen molar-refractivity contribution in [2.45, 2.75) is 56.0 Å². The van der Waals surface area contributed by atoms with Crippen LogP contribution >= 0.6 is 0 Å². The van der Waals surface area contributed by atoms with E-state index in [1.54, 1.807) is 3.75 Å². The zero-order valence-electron chi connectivity index (χ0n) is 22.3. The molecule has 176 valence electrons. The van der Waals surface area contributed by atoms with E-state index >= 15 is 0 Å². The summed E-state index contributed by atoms with van der Waals surface area (Å²) in [5, 5.41) is 0. The second-order valence-corrected chi connectivity index (χ2v) is 26.5. The molecule has 0 spiro atoms. The monoisotopic (exact) mass is 530 g/mol. The molecule has 3 rings (SSSR count). The van der Waals surface area contributed by atoms with E-state index in [2.05, 4.69) is 156 Å². The van der Waals surface area contributed by atoms with E-state index in [4.69, 9.17) is 0 Å². The van der Waals surface area contributed by atoms with E-state index in [1.807, 2.05) is 12.1 Å². The summed E-state index contributed by atoms with van der Waals surface area (Å²) in [5.74, 6) is 7.09. The predicted molar refractivity (Wildman–Crippen MR) is 158 cm³/mol. The van der Waals surface area contributed by atoms with Crippen LogP contribution in [0.3, 0.4) is 0 Å². The molecule has 0 saturated carbocycles. The van der Waals surface area contributed by atoms with Gasteiger partial charge in [0.2, 0.25) is 0 Å². The fraction of sp³-hybridized carbons (Fsp3) is 0.273. The molecule has 0 nitrogen and oxygen atoms in total. The number of benzene rings is 3. The molecule has 0 atom stereocenters. The molecule has 0 unspecified atom stereocenters. The molecule has 0 aliphatic carbocycles. The van der Waals surface area contributed by atoms with Gasteiger partial charge < -0.3 is 0 Å². The van der Waals surface area contributed by atoms with Crippen molar-refractivity contribution in [2.75, 3.05) is 0 Å². The SMILES string of the molecule is C[C](C)(C)[Ga](/[C](=C\c1ccccc1)[Si](C)(C#Cc1ccccc1)C#Cc1ccccc1)[C](C)(C)C. The molecule has 0 saturated heterocycles. The van der Waals surface area contributed by atoms with Gasteiger partial charge >= 0.3 is 221 Å². The maximum absolute atomic E-state index is 3.82. The van der Waals surface area contributed by atoms with Crippen LogP contribution in [0, 0.1) is 22.9 Å². The van der Waals surface area contributed by atoms with Crippen LogP contribution in [0.4, 0.5) is 0 Å². The predicted octanol–water partition coefficient (Wildman–Crippen LogP) is 8.50. The van der Waals surface area contributed by atoms with Crippen LogP contribution in [0.25, 0.3) is 6.08 Å². The Balaban J connectivity index is 2.32. The second kappa shape index (κ2) is 11.4. The molecule has 0 aliphatic heterocycles. The van der Waals surface area contributed by atoms with Gasteiger partial charge in [0.1, 0.15) is 0 Å². The quantitative estimate of drug-likeness (QED) is 0.235. The average molecular weight is 531 g/mol. The summed E-state index contributed by atoms with van der Waals surface area (Å²) in [7, 11) is -2.49. The molecule has 0 bridgehead atoms. The van der Waals surface area contributed by atoms with E-state index in [1.165, 1.54) is 5.56 Å². The van der Waals surface area contributed by atoms with E-state index in [0.29, 0.717) is 0 Å². The molecular weight excluding hydrogens is 494 g/mol. The van der Waals surface area contributed by atoms with Gasteiger partial charge in [-0.05, 0) is 0 Å². The van der Waals surface area contributed by atoms with Gasteiger partial charge in [-0.25, -0.2) is 0 Å². The number of hydrogen-bond acceptors (Lipinski definition) is 0. The van der Waals surface area contributed by atoms with Crippen LogP contribution in [0.15, 0.2) is 94.7 Å². The molecule has 0 amide bonds. The van der Waals surface area contributed by atoms with Gasteiger partial charge in [-0.3, -0.25) is 0 Å². The Morgan fingerprint density at radius 3 is 1.37 bits per heavy atom. The van der Waals surface area contributed by atoms with Gasteiger partial charge in [-0.1, -0.05) is 0 Å². The molecule has 2 heteroatoms. The van der Waals surface area contributed by atoms with Crippen LogP contribution < -0.4 is 0 Å². The van der Waals surface area contributed by atoms with Gasteiger partial charge in [-0.2, -0.15) is 0 Å². The van der Waals surface area contributed by atoms with Crippen LogP contribution in [0.2, 0.25) is 14.5 Å². The second-order valence-electron chi connectivity index (χ2n) is 11.5. The fourth-order valence-corrected chi connectivity index (χ4v) is 26.4. The Bertz CT molecular complexity index is 1180. The Morgan fingerprint density at radius 1 is 0.629 bits per heavy atom. The third-order valence-corrected chi connectivity index (χ3v) is 22.8. The molecule has 0 N–H and O–H groups in total. The van der Waals surface area contributed by atoms with Crippen LogP contribution in [-0.4, -0.2) is 24.3 Å². The molecule has 35 heavy (non-hydrogen) atoms. The summed E-state index contributed by atoms with van der Waals surface area (Å²) < 4.78 is 2.06. The first-order valence-corrected chi connectivity index (χ1v) is 18.6. The summed E-state index contributed by atoms with van der Waals surface area (Å²) >= 11 is -2.20. The molecule has 3 aromatic rings. The van der Waals surface area contributed by atoms with Gasteiger partial charge in [0, 0.05) is 0 Å². The molecular formula is C33H37GaSi. The van der Waals surface area contributed by atoms with Crippen molar-refractivity contribution in [1.82, 2.24) is 0 Å². The third kappa shape index (κ3) is 7.68. The minimum absolute atomic E-state index is 0.239. The van der Waals surface area contributed by atoms with Gasteiger partial charge in [0.25, 0.3) is 0 Å². The van der Waals surface area contributed by atoms with Gasteiger partial charge in [0.05, 0.1) is 0 Å².